The third kappa shape index (κ3) is 1.57. The van der Waals surface area contributed by atoms with Crippen molar-refractivity contribution in [1.82, 2.24) is 9.78 Å². The van der Waals surface area contributed by atoms with E-state index in [0.717, 1.165) is 24.2 Å². The first kappa shape index (κ1) is 11.7. The molecule has 5 nitrogen and oxygen atoms in total. The molecule has 2 fully saturated rings. The number of carboxylic acids is 1. The molecule has 2 aliphatic heterocycles. The molecule has 2 aliphatic rings. The number of aromatic nitrogens is 2. The fourth-order valence-electron chi connectivity index (χ4n) is 3.44. The zero-order chi connectivity index (χ0) is 12.9. The lowest BCUT2D eigenvalue weighted by Gasteiger charge is -2.30. The quantitative estimate of drug-likeness (QED) is 0.878. The molecule has 1 aromatic rings. The zero-order valence-electron chi connectivity index (χ0n) is 10.7. The lowest BCUT2D eigenvalue weighted by molar-refractivity contribution is -0.152. The van der Waals surface area contributed by atoms with E-state index < -0.39 is 11.4 Å². The molecule has 18 heavy (non-hydrogen) atoms. The lowest BCUT2D eigenvalue weighted by atomic mass is 9.71. The zero-order valence-corrected chi connectivity index (χ0v) is 10.7. The second kappa shape index (κ2) is 3.82. The predicted octanol–water partition coefficient (Wildman–Crippen LogP) is 1.29. The van der Waals surface area contributed by atoms with Crippen LogP contribution in [0.1, 0.15) is 30.7 Å². The van der Waals surface area contributed by atoms with Crippen LogP contribution in [0.5, 0.6) is 0 Å². The molecule has 0 amide bonds. The Balaban J connectivity index is 1.92. The van der Waals surface area contributed by atoms with Crippen molar-refractivity contribution in [3.8, 4) is 0 Å². The minimum Gasteiger partial charge on any atom is -0.481 e. The van der Waals surface area contributed by atoms with Gasteiger partial charge in [0.25, 0.3) is 0 Å². The number of aliphatic carboxylic acids is 1. The van der Waals surface area contributed by atoms with Crippen molar-refractivity contribution in [2.75, 3.05) is 0 Å². The Morgan fingerprint density at radius 3 is 2.89 bits per heavy atom. The van der Waals surface area contributed by atoms with Gasteiger partial charge in [0.1, 0.15) is 5.41 Å². The van der Waals surface area contributed by atoms with Crippen LogP contribution >= 0.6 is 0 Å². The van der Waals surface area contributed by atoms with Gasteiger partial charge in [0.15, 0.2) is 0 Å². The molecule has 0 radical (unpaired) electrons. The summed E-state index contributed by atoms with van der Waals surface area (Å²) < 4.78 is 7.54. The van der Waals surface area contributed by atoms with E-state index in [1.807, 2.05) is 20.0 Å². The molecule has 0 aromatic carbocycles. The number of hydrogen-bond acceptors (Lipinski definition) is 3. The number of nitrogens with zero attached hydrogens (tertiary/aromatic N) is 2. The number of carbonyl (C=O) groups is 1. The van der Waals surface area contributed by atoms with E-state index in [1.165, 1.54) is 0 Å². The Morgan fingerprint density at radius 1 is 1.67 bits per heavy atom. The topological polar surface area (TPSA) is 64.3 Å². The molecule has 3 atom stereocenters. The highest BCUT2D eigenvalue weighted by atomic mass is 16.5. The van der Waals surface area contributed by atoms with Crippen molar-refractivity contribution in [2.45, 2.75) is 44.8 Å². The number of fused-ring (bicyclic) bond motifs is 2. The Morgan fingerprint density at radius 2 is 2.44 bits per heavy atom. The van der Waals surface area contributed by atoms with Crippen LogP contribution < -0.4 is 0 Å². The monoisotopic (exact) mass is 250 g/mol. The summed E-state index contributed by atoms with van der Waals surface area (Å²) in [5.74, 6) is -0.728. The first-order valence-corrected chi connectivity index (χ1v) is 6.39. The van der Waals surface area contributed by atoms with E-state index in [2.05, 4.69) is 5.10 Å². The van der Waals surface area contributed by atoms with Gasteiger partial charge < -0.3 is 9.84 Å². The van der Waals surface area contributed by atoms with Crippen LogP contribution in [0.3, 0.4) is 0 Å². The van der Waals surface area contributed by atoms with Crippen LogP contribution in [-0.2, 0) is 23.0 Å². The van der Waals surface area contributed by atoms with Gasteiger partial charge in [0.2, 0.25) is 0 Å². The van der Waals surface area contributed by atoms with E-state index in [0.29, 0.717) is 12.8 Å². The minimum atomic E-state index is -0.747. The first-order chi connectivity index (χ1) is 8.51. The molecule has 3 unspecified atom stereocenters. The molecule has 5 heteroatoms. The van der Waals surface area contributed by atoms with Gasteiger partial charge in [-0.25, -0.2) is 0 Å². The van der Waals surface area contributed by atoms with Gasteiger partial charge in [-0.3, -0.25) is 9.48 Å². The number of hydrogen-bond donors (Lipinski definition) is 1. The highest BCUT2D eigenvalue weighted by molar-refractivity contribution is 5.76. The Bertz CT molecular complexity index is 496. The van der Waals surface area contributed by atoms with Crippen LogP contribution in [0, 0.1) is 12.3 Å². The van der Waals surface area contributed by atoms with Crippen molar-refractivity contribution >= 4 is 5.97 Å². The predicted molar refractivity (Wildman–Crippen MR) is 64.2 cm³/mol. The average molecular weight is 250 g/mol. The van der Waals surface area contributed by atoms with Crippen LogP contribution in [0.2, 0.25) is 0 Å². The summed E-state index contributed by atoms with van der Waals surface area (Å²) in [6, 6.07) is 1.97. The van der Waals surface area contributed by atoms with E-state index >= 15 is 0 Å². The van der Waals surface area contributed by atoms with Gasteiger partial charge in [-0.2, -0.15) is 5.10 Å². The summed E-state index contributed by atoms with van der Waals surface area (Å²) in [7, 11) is 1.87. The first-order valence-electron chi connectivity index (χ1n) is 6.39. The van der Waals surface area contributed by atoms with Gasteiger partial charge in [-0.1, -0.05) is 0 Å². The maximum Gasteiger partial charge on any atom is 0.312 e. The third-order valence-corrected chi connectivity index (χ3v) is 4.34. The summed E-state index contributed by atoms with van der Waals surface area (Å²) in [5, 5.41) is 13.9. The van der Waals surface area contributed by atoms with E-state index in [-0.39, 0.29) is 12.2 Å². The molecule has 1 N–H and O–H groups in total. The molecule has 0 aliphatic carbocycles. The SMILES string of the molecule is Cc1cc(CC2(C(=O)O)CC3CCC2O3)n(C)n1. The maximum absolute atomic E-state index is 11.7. The minimum absolute atomic E-state index is 0.129. The molecule has 3 rings (SSSR count). The normalized spacial score (nSPS) is 34.1. The second-order valence-corrected chi connectivity index (χ2v) is 5.57. The van der Waals surface area contributed by atoms with Crippen molar-refractivity contribution in [3.63, 3.8) is 0 Å². The standard InChI is InChI=1S/C13H18N2O3/c1-8-5-9(15(2)14-8)6-13(12(16)17)7-10-3-4-11(13)18-10/h5,10-11H,3-4,6-7H2,1-2H3,(H,16,17). The van der Waals surface area contributed by atoms with E-state index in [9.17, 15) is 9.90 Å². The molecule has 0 spiro atoms. The molecule has 2 bridgehead atoms. The van der Waals surface area contributed by atoms with Gasteiger partial charge >= 0.3 is 5.97 Å². The van der Waals surface area contributed by atoms with Crippen molar-refractivity contribution < 1.29 is 14.6 Å². The maximum atomic E-state index is 11.7. The fourth-order valence-corrected chi connectivity index (χ4v) is 3.44. The largest absolute Gasteiger partial charge is 0.481 e. The highest BCUT2D eigenvalue weighted by Gasteiger charge is 2.57. The Kier molecular flexibility index (Phi) is 2.48. The van der Waals surface area contributed by atoms with E-state index in [4.69, 9.17) is 4.74 Å². The third-order valence-electron chi connectivity index (χ3n) is 4.34. The molecular formula is C13H18N2O3. The van der Waals surface area contributed by atoms with E-state index in [1.54, 1.807) is 4.68 Å². The van der Waals surface area contributed by atoms with Crippen molar-refractivity contribution in [1.29, 1.82) is 0 Å². The Hall–Kier alpha value is -1.36. The molecule has 2 saturated heterocycles. The number of carboxylic acid groups (broad SMARTS) is 1. The van der Waals surface area contributed by atoms with Crippen LogP contribution in [0.25, 0.3) is 0 Å². The fraction of sp³-hybridized carbons (Fsp3) is 0.692. The Labute approximate surface area is 106 Å². The molecule has 1 aromatic heterocycles. The average Bonchev–Trinajstić information content (AvgIpc) is 2.94. The summed E-state index contributed by atoms with van der Waals surface area (Å²) in [6.45, 7) is 1.92. The second-order valence-electron chi connectivity index (χ2n) is 5.57. The van der Waals surface area contributed by atoms with Crippen LogP contribution in [-0.4, -0.2) is 33.1 Å². The number of rotatable bonds is 3. The smallest absolute Gasteiger partial charge is 0.312 e. The van der Waals surface area contributed by atoms with Crippen LogP contribution in [0.15, 0.2) is 6.07 Å². The number of aryl methyl sites for hydroxylation is 2. The number of ether oxygens (including phenoxy) is 1. The molecule has 98 valence electrons. The van der Waals surface area contributed by atoms with Crippen molar-refractivity contribution in [3.05, 3.63) is 17.5 Å². The summed E-state index contributed by atoms with van der Waals surface area (Å²) >= 11 is 0. The van der Waals surface area contributed by atoms with Crippen molar-refractivity contribution in [2.24, 2.45) is 12.5 Å². The van der Waals surface area contributed by atoms with Gasteiger partial charge in [-0.15, -0.1) is 0 Å². The van der Waals surface area contributed by atoms with Crippen LogP contribution in [0.4, 0.5) is 0 Å². The highest BCUT2D eigenvalue weighted by Crippen LogP contribution is 2.49. The lowest BCUT2D eigenvalue weighted by Crippen LogP contribution is -2.42. The molecule has 3 heterocycles. The van der Waals surface area contributed by atoms with Gasteiger partial charge in [-0.05, 0) is 32.3 Å². The van der Waals surface area contributed by atoms with Gasteiger partial charge in [0.05, 0.1) is 17.9 Å². The summed E-state index contributed by atoms with van der Waals surface area (Å²) in [6.07, 6.45) is 3.03. The van der Waals surface area contributed by atoms with Gasteiger partial charge in [0, 0.05) is 19.2 Å². The molecule has 0 saturated carbocycles. The molecular weight excluding hydrogens is 232 g/mol. The summed E-state index contributed by atoms with van der Waals surface area (Å²) in [4.78, 5) is 11.7. The summed E-state index contributed by atoms with van der Waals surface area (Å²) in [5.41, 5.74) is 1.16.